The number of fused-ring (bicyclic) bond motifs is 1. The van der Waals surface area contributed by atoms with Crippen LogP contribution in [0.4, 0.5) is 11.4 Å². The van der Waals surface area contributed by atoms with Crippen molar-refractivity contribution in [3.63, 3.8) is 0 Å². The van der Waals surface area contributed by atoms with Crippen LogP contribution in [-0.4, -0.2) is 22.9 Å². The minimum absolute atomic E-state index is 0.0492. The van der Waals surface area contributed by atoms with E-state index in [0.29, 0.717) is 5.92 Å². The highest BCUT2D eigenvalue weighted by molar-refractivity contribution is 7.99. The molecule has 0 saturated carbocycles. The predicted molar refractivity (Wildman–Crippen MR) is 115 cm³/mol. The summed E-state index contributed by atoms with van der Waals surface area (Å²) in [6.45, 7) is 5.24. The highest BCUT2D eigenvalue weighted by atomic mass is 32.2. The Hall–Kier alpha value is -1.94. The zero-order chi connectivity index (χ0) is 18.0. The quantitative estimate of drug-likeness (QED) is 0.753. The topological polar surface area (TPSA) is 36.4 Å². The number of rotatable bonds is 3. The number of para-hydroxylation sites is 2. The van der Waals surface area contributed by atoms with E-state index in [1.807, 2.05) is 11.8 Å². The first-order chi connectivity index (χ1) is 12.7. The van der Waals surface area contributed by atoms with Crippen molar-refractivity contribution in [3.8, 4) is 0 Å². The van der Waals surface area contributed by atoms with Crippen LogP contribution in [0.1, 0.15) is 43.7 Å². The number of aliphatic imine (C=N–C) groups is 1. The monoisotopic (exact) mass is 365 g/mol. The van der Waals surface area contributed by atoms with Crippen molar-refractivity contribution in [1.29, 1.82) is 0 Å². The molecule has 136 valence electrons. The van der Waals surface area contributed by atoms with Crippen molar-refractivity contribution in [2.45, 2.75) is 44.7 Å². The summed E-state index contributed by atoms with van der Waals surface area (Å²) in [6.07, 6.45) is 2.23. The first-order valence-corrected chi connectivity index (χ1v) is 10.7. The van der Waals surface area contributed by atoms with E-state index in [0.717, 1.165) is 30.9 Å². The molecule has 0 radical (unpaired) electrons. The van der Waals surface area contributed by atoms with Gasteiger partial charge in [0.15, 0.2) is 0 Å². The SMILES string of the molecule is CC(C)c1ccccc1CN=C1Nc2ccccc2NC12CCSCC2. The summed E-state index contributed by atoms with van der Waals surface area (Å²) in [5, 5.41) is 7.48. The van der Waals surface area contributed by atoms with E-state index in [4.69, 9.17) is 4.99 Å². The molecule has 2 aliphatic rings. The number of hydrogen-bond donors (Lipinski definition) is 2. The van der Waals surface area contributed by atoms with Crippen molar-refractivity contribution < 1.29 is 0 Å². The molecule has 0 aliphatic carbocycles. The summed E-state index contributed by atoms with van der Waals surface area (Å²) < 4.78 is 0. The van der Waals surface area contributed by atoms with E-state index >= 15 is 0 Å². The first kappa shape index (κ1) is 17.5. The van der Waals surface area contributed by atoms with Crippen molar-refractivity contribution in [3.05, 3.63) is 59.7 Å². The van der Waals surface area contributed by atoms with Crippen LogP contribution < -0.4 is 10.6 Å². The Kier molecular flexibility index (Phi) is 4.94. The molecule has 2 aromatic carbocycles. The molecule has 2 aromatic rings. The molecule has 1 saturated heterocycles. The molecule has 4 heteroatoms. The maximum Gasteiger partial charge on any atom is 0.127 e. The van der Waals surface area contributed by atoms with Gasteiger partial charge in [0, 0.05) is 0 Å². The zero-order valence-electron chi connectivity index (χ0n) is 15.6. The van der Waals surface area contributed by atoms with Crippen molar-refractivity contribution in [2.24, 2.45) is 4.99 Å². The van der Waals surface area contributed by atoms with Gasteiger partial charge < -0.3 is 10.6 Å². The second-order valence-electron chi connectivity index (χ2n) is 7.51. The molecule has 0 atom stereocenters. The standard InChI is InChI=1S/C22H27N3S/c1-16(2)18-8-4-3-7-17(18)15-23-21-22(11-13-26-14-12-22)25-20-10-6-5-9-19(20)24-21/h3-10,16,25H,11-15H2,1-2H3,(H,23,24). The molecule has 2 heterocycles. The van der Waals surface area contributed by atoms with Gasteiger partial charge in [-0.3, -0.25) is 4.99 Å². The Balaban J connectivity index is 1.68. The van der Waals surface area contributed by atoms with E-state index in [-0.39, 0.29) is 5.54 Å². The molecule has 2 aliphatic heterocycles. The summed E-state index contributed by atoms with van der Waals surface area (Å²) in [4.78, 5) is 5.11. The smallest absolute Gasteiger partial charge is 0.127 e. The Labute approximate surface area is 160 Å². The van der Waals surface area contributed by atoms with E-state index in [9.17, 15) is 0 Å². The van der Waals surface area contributed by atoms with Crippen molar-refractivity contribution in [2.75, 3.05) is 22.1 Å². The lowest BCUT2D eigenvalue weighted by Gasteiger charge is -2.43. The summed E-state index contributed by atoms with van der Waals surface area (Å²) >= 11 is 2.04. The Bertz CT molecular complexity index is 807. The third kappa shape index (κ3) is 3.35. The molecule has 4 rings (SSSR count). The second kappa shape index (κ2) is 7.36. The number of nitrogens with zero attached hydrogens (tertiary/aromatic N) is 1. The summed E-state index contributed by atoms with van der Waals surface area (Å²) in [6, 6.07) is 17.2. The Morgan fingerprint density at radius 1 is 1.00 bits per heavy atom. The van der Waals surface area contributed by atoms with E-state index in [1.54, 1.807) is 0 Å². The number of anilines is 2. The highest BCUT2D eigenvalue weighted by Crippen LogP contribution is 2.38. The number of amidine groups is 1. The van der Waals surface area contributed by atoms with Gasteiger partial charge in [-0.05, 0) is 53.5 Å². The highest BCUT2D eigenvalue weighted by Gasteiger charge is 2.40. The lowest BCUT2D eigenvalue weighted by molar-refractivity contribution is 0.559. The van der Waals surface area contributed by atoms with E-state index < -0.39 is 0 Å². The summed E-state index contributed by atoms with van der Waals surface area (Å²) in [5.41, 5.74) is 5.00. The average Bonchev–Trinajstić information content (AvgIpc) is 2.67. The van der Waals surface area contributed by atoms with Crippen LogP contribution in [-0.2, 0) is 6.54 Å². The van der Waals surface area contributed by atoms with Crippen LogP contribution in [0.2, 0.25) is 0 Å². The van der Waals surface area contributed by atoms with Gasteiger partial charge >= 0.3 is 0 Å². The number of hydrogen-bond acceptors (Lipinski definition) is 3. The molecular formula is C22H27N3S. The normalized spacial score (nSPS) is 19.9. The third-order valence-electron chi connectivity index (χ3n) is 5.44. The van der Waals surface area contributed by atoms with Crippen LogP contribution in [0.15, 0.2) is 53.5 Å². The van der Waals surface area contributed by atoms with Gasteiger partial charge in [-0.1, -0.05) is 50.2 Å². The van der Waals surface area contributed by atoms with Crippen molar-refractivity contribution in [1.82, 2.24) is 0 Å². The van der Waals surface area contributed by atoms with E-state index in [1.165, 1.54) is 28.3 Å². The minimum Gasteiger partial charge on any atom is -0.371 e. The number of thioether (sulfide) groups is 1. The third-order valence-corrected chi connectivity index (χ3v) is 6.42. The second-order valence-corrected chi connectivity index (χ2v) is 8.73. The molecule has 3 nitrogen and oxygen atoms in total. The van der Waals surface area contributed by atoms with E-state index in [2.05, 4.69) is 73.0 Å². The zero-order valence-corrected chi connectivity index (χ0v) is 16.4. The van der Waals surface area contributed by atoms with Crippen molar-refractivity contribution >= 4 is 29.0 Å². The number of nitrogens with one attached hydrogen (secondary N) is 2. The van der Waals surface area contributed by atoms with Gasteiger partial charge in [0.25, 0.3) is 0 Å². The number of benzene rings is 2. The molecular weight excluding hydrogens is 338 g/mol. The average molecular weight is 366 g/mol. The van der Waals surface area contributed by atoms with Gasteiger partial charge in [-0.15, -0.1) is 0 Å². The lowest BCUT2D eigenvalue weighted by atomic mass is 9.87. The van der Waals surface area contributed by atoms with Gasteiger partial charge in [0.1, 0.15) is 5.84 Å². The largest absolute Gasteiger partial charge is 0.371 e. The molecule has 26 heavy (non-hydrogen) atoms. The van der Waals surface area contributed by atoms with Crippen LogP contribution in [0, 0.1) is 0 Å². The molecule has 1 fully saturated rings. The van der Waals surface area contributed by atoms with Gasteiger partial charge in [-0.25, -0.2) is 0 Å². The first-order valence-electron chi connectivity index (χ1n) is 9.53. The minimum atomic E-state index is -0.0492. The molecule has 0 unspecified atom stereocenters. The summed E-state index contributed by atoms with van der Waals surface area (Å²) in [7, 11) is 0. The molecule has 0 bridgehead atoms. The van der Waals surface area contributed by atoms with Crippen LogP contribution in [0.25, 0.3) is 0 Å². The molecule has 1 spiro atoms. The summed E-state index contributed by atoms with van der Waals surface area (Å²) in [5.74, 6) is 3.98. The predicted octanol–water partition coefficient (Wildman–Crippen LogP) is 5.51. The maximum atomic E-state index is 5.11. The van der Waals surface area contributed by atoms with Crippen LogP contribution in [0.5, 0.6) is 0 Å². The van der Waals surface area contributed by atoms with Crippen LogP contribution in [0.3, 0.4) is 0 Å². The fourth-order valence-corrected chi connectivity index (χ4v) is 5.13. The maximum absolute atomic E-state index is 5.11. The Morgan fingerprint density at radius 2 is 1.69 bits per heavy atom. The van der Waals surface area contributed by atoms with Crippen LogP contribution >= 0.6 is 11.8 Å². The van der Waals surface area contributed by atoms with Gasteiger partial charge in [0.05, 0.1) is 23.5 Å². The Morgan fingerprint density at radius 3 is 2.46 bits per heavy atom. The molecule has 2 N–H and O–H groups in total. The fraction of sp³-hybridized carbons (Fsp3) is 0.409. The van der Waals surface area contributed by atoms with Gasteiger partial charge in [-0.2, -0.15) is 11.8 Å². The molecule has 0 amide bonds. The fourth-order valence-electron chi connectivity index (χ4n) is 3.94. The lowest BCUT2D eigenvalue weighted by Crippen LogP contribution is -2.54. The molecule has 0 aromatic heterocycles. The van der Waals surface area contributed by atoms with Gasteiger partial charge in [0.2, 0.25) is 0 Å².